The Morgan fingerprint density at radius 3 is 2.63 bits per heavy atom. The summed E-state index contributed by atoms with van der Waals surface area (Å²) < 4.78 is 1.67. The topological polar surface area (TPSA) is 80.6 Å². The molecule has 0 unspecified atom stereocenters. The van der Waals surface area contributed by atoms with E-state index < -0.39 is 0 Å². The molecule has 2 aliphatic rings. The number of hydrogen-bond donors (Lipinski definition) is 1. The van der Waals surface area contributed by atoms with Crippen LogP contribution in [-0.2, 0) is 5.75 Å². The predicted octanol–water partition coefficient (Wildman–Crippen LogP) is 3.29. The van der Waals surface area contributed by atoms with E-state index in [4.69, 9.17) is 4.98 Å². The highest BCUT2D eigenvalue weighted by Gasteiger charge is 2.32. The van der Waals surface area contributed by atoms with Crippen molar-refractivity contribution in [2.45, 2.75) is 55.3 Å². The van der Waals surface area contributed by atoms with Crippen molar-refractivity contribution in [1.29, 1.82) is 0 Å². The van der Waals surface area contributed by atoms with Crippen LogP contribution in [-0.4, -0.2) is 19.5 Å². The number of benzene rings is 1. The summed E-state index contributed by atoms with van der Waals surface area (Å²) in [6.07, 6.45) is 4.06. The Balaban J connectivity index is 1.66. The highest BCUT2D eigenvalue weighted by atomic mass is 32.2. The van der Waals surface area contributed by atoms with Crippen molar-refractivity contribution in [2.75, 3.05) is 0 Å². The average molecular weight is 380 g/mol. The van der Waals surface area contributed by atoms with Crippen LogP contribution in [0, 0.1) is 6.92 Å². The maximum Gasteiger partial charge on any atom is 0.330 e. The fourth-order valence-electron chi connectivity index (χ4n) is 3.35. The van der Waals surface area contributed by atoms with Gasteiger partial charge < -0.3 is 0 Å². The zero-order chi connectivity index (χ0) is 18.5. The molecule has 2 aliphatic carbocycles. The van der Waals surface area contributed by atoms with Crippen LogP contribution < -0.4 is 11.2 Å². The molecule has 6 nitrogen and oxygen atoms in total. The molecular formula is C20H20N4O2S. The number of fused-ring (bicyclic) bond motifs is 1. The first-order chi connectivity index (χ1) is 13.1. The van der Waals surface area contributed by atoms with Crippen molar-refractivity contribution in [1.82, 2.24) is 19.5 Å². The summed E-state index contributed by atoms with van der Waals surface area (Å²) in [5.41, 5.74) is 2.20. The molecule has 2 fully saturated rings. The third-order valence-corrected chi connectivity index (χ3v) is 6.27. The van der Waals surface area contributed by atoms with E-state index in [-0.39, 0.29) is 17.3 Å². The van der Waals surface area contributed by atoms with Crippen molar-refractivity contribution in [3.63, 3.8) is 0 Å². The van der Waals surface area contributed by atoms with E-state index in [1.165, 1.54) is 11.1 Å². The standard InChI is InChI=1S/C20H20N4O2S/c1-11-4-2-3-5-13(11)10-27-19-15-17(21-16(22-19)12-6-7-12)24(14-8-9-14)20(26)23-18(15)25/h2-5,12,14H,6-10H2,1H3,(H,23,25,26). The van der Waals surface area contributed by atoms with Crippen LogP contribution >= 0.6 is 11.8 Å². The SMILES string of the molecule is Cc1ccccc1CSc1nc(C2CC2)nc2c1c(=O)[nH]c(=O)n2C1CC1. The number of nitrogens with zero attached hydrogens (tertiary/aromatic N) is 3. The summed E-state index contributed by atoms with van der Waals surface area (Å²) >= 11 is 1.55. The van der Waals surface area contributed by atoms with Crippen LogP contribution in [0.15, 0.2) is 38.9 Å². The molecule has 5 rings (SSSR count). The molecule has 27 heavy (non-hydrogen) atoms. The van der Waals surface area contributed by atoms with Gasteiger partial charge in [0.15, 0.2) is 5.65 Å². The number of thioether (sulfide) groups is 1. The molecule has 0 aliphatic heterocycles. The number of hydrogen-bond acceptors (Lipinski definition) is 5. The molecule has 0 bridgehead atoms. The Kier molecular flexibility index (Phi) is 3.93. The van der Waals surface area contributed by atoms with E-state index in [0.717, 1.165) is 37.3 Å². The molecule has 138 valence electrons. The van der Waals surface area contributed by atoms with E-state index in [1.807, 2.05) is 12.1 Å². The molecule has 0 amide bonds. The molecule has 2 aromatic heterocycles. The summed E-state index contributed by atoms with van der Waals surface area (Å²) in [5, 5.41) is 1.13. The van der Waals surface area contributed by atoms with Crippen molar-refractivity contribution in [3.05, 3.63) is 62.1 Å². The van der Waals surface area contributed by atoms with Crippen LogP contribution in [0.25, 0.3) is 11.0 Å². The summed E-state index contributed by atoms with van der Waals surface area (Å²) in [6.45, 7) is 2.08. The van der Waals surface area contributed by atoms with E-state index in [2.05, 4.69) is 29.0 Å². The average Bonchev–Trinajstić information content (AvgIpc) is 3.53. The summed E-state index contributed by atoms with van der Waals surface area (Å²) in [6, 6.07) is 8.37. The van der Waals surface area contributed by atoms with Gasteiger partial charge in [0.2, 0.25) is 0 Å². The zero-order valence-corrected chi connectivity index (χ0v) is 15.9. The van der Waals surface area contributed by atoms with Crippen molar-refractivity contribution >= 4 is 22.8 Å². The Labute approximate surface area is 160 Å². The second kappa shape index (κ2) is 6.34. The molecule has 2 heterocycles. The minimum absolute atomic E-state index is 0.146. The van der Waals surface area contributed by atoms with Gasteiger partial charge in [-0.05, 0) is 43.7 Å². The predicted molar refractivity (Wildman–Crippen MR) is 105 cm³/mol. The van der Waals surface area contributed by atoms with Gasteiger partial charge in [0, 0.05) is 17.7 Å². The molecule has 3 aromatic rings. The van der Waals surface area contributed by atoms with Crippen molar-refractivity contribution in [2.24, 2.45) is 0 Å². The first-order valence-corrected chi connectivity index (χ1v) is 10.3. The number of aromatic nitrogens is 4. The normalized spacial score (nSPS) is 16.8. The monoisotopic (exact) mass is 380 g/mol. The fraction of sp³-hybridized carbons (Fsp3) is 0.400. The van der Waals surface area contributed by atoms with Gasteiger partial charge in [0.1, 0.15) is 16.2 Å². The van der Waals surface area contributed by atoms with Gasteiger partial charge in [-0.25, -0.2) is 14.8 Å². The smallest absolute Gasteiger partial charge is 0.274 e. The lowest BCUT2D eigenvalue weighted by molar-refractivity contribution is 0.691. The number of H-pyrrole nitrogens is 1. The van der Waals surface area contributed by atoms with Gasteiger partial charge in [0.05, 0.1) is 0 Å². The lowest BCUT2D eigenvalue weighted by atomic mass is 10.1. The van der Waals surface area contributed by atoms with Crippen LogP contribution in [0.5, 0.6) is 0 Å². The Morgan fingerprint density at radius 2 is 1.93 bits per heavy atom. The van der Waals surface area contributed by atoms with Crippen LogP contribution in [0.4, 0.5) is 0 Å². The Morgan fingerprint density at radius 1 is 1.15 bits per heavy atom. The van der Waals surface area contributed by atoms with E-state index in [1.54, 1.807) is 16.3 Å². The molecule has 1 aromatic carbocycles. The molecule has 0 radical (unpaired) electrons. The largest absolute Gasteiger partial charge is 0.330 e. The first-order valence-electron chi connectivity index (χ1n) is 9.35. The number of nitrogens with one attached hydrogen (secondary N) is 1. The van der Waals surface area contributed by atoms with Gasteiger partial charge >= 0.3 is 5.69 Å². The molecule has 0 saturated heterocycles. The molecule has 7 heteroatoms. The van der Waals surface area contributed by atoms with Crippen LogP contribution in [0.3, 0.4) is 0 Å². The molecule has 2 saturated carbocycles. The van der Waals surface area contributed by atoms with Gasteiger partial charge in [0.25, 0.3) is 5.56 Å². The lowest BCUT2D eigenvalue weighted by Gasteiger charge is -2.12. The summed E-state index contributed by atoms with van der Waals surface area (Å²) in [4.78, 5) is 36.9. The third kappa shape index (κ3) is 3.10. The molecule has 0 spiro atoms. The molecular weight excluding hydrogens is 360 g/mol. The van der Waals surface area contributed by atoms with Gasteiger partial charge in [-0.2, -0.15) is 0 Å². The second-order valence-electron chi connectivity index (χ2n) is 7.44. The third-order valence-electron chi connectivity index (χ3n) is 5.25. The first kappa shape index (κ1) is 16.7. The van der Waals surface area contributed by atoms with Crippen molar-refractivity contribution in [3.8, 4) is 0 Å². The minimum atomic E-state index is -0.387. The summed E-state index contributed by atoms with van der Waals surface area (Å²) in [7, 11) is 0. The number of aromatic amines is 1. The fourth-order valence-corrected chi connectivity index (χ4v) is 4.45. The summed E-state index contributed by atoms with van der Waals surface area (Å²) in [5.74, 6) is 1.86. The quantitative estimate of drug-likeness (QED) is 0.543. The van der Waals surface area contributed by atoms with Crippen LogP contribution in [0.2, 0.25) is 0 Å². The Hall–Kier alpha value is -2.41. The van der Waals surface area contributed by atoms with Gasteiger partial charge in [-0.1, -0.05) is 24.3 Å². The highest BCUT2D eigenvalue weighted by molar-refractivity contribution is 7.98. The lowest BCUT2D eigenvalue weighted by Crippen LogP contribution is -2.31. The van der Waals surface area contributed by atoms with Gasteiger partial charge in [-0.3, -0.25) is 14.3 Å². The zero-order valence-electron chi connectivity index (χ0n) is 15.1. The van der Waals surface area contributed by atoms with E-state index in [9.17, 15) is 9.59 Å². The number of rotatable bonds is 5. The highest BCUT2D eigenvalue weighted by Crippen LogP contribution is 2.41. The van der Waals surface area contributed by atoms with Crippen molar-refractivity contribution < 1.29 is 0 Å². The second-order valence-corrected chi connectivity index (χ2v) is 8.40. The molecule has 0 atom stereocenters. The number of aryl methyl sites for hydroxylation is 1. The maximum absolute atomic E-state index is 12.6. The van der Waals surface area contributed by atoms with Crippen LogP contribution in [0.1, 0.15) is 54.6 Å². The minimum Gasteiger partial charge on any atom is -0.274 e. The molecule has 1 N–H and O–H groups in total. The van der Waals surface area contributed by atoms with Gasteiger partial charge in [-0.15, -0.1) is 11.8 Å². The van der Waals surface area contributed by atoms with E-state index in [0.29, 0.717) is 22.0 Å². The Bertz CT molecular complexity index is 1160. The van der Waals surface area contributed by atoms with E-state index >= 15 is 0 Å². The maximum atomic E-state index is 12.6.